The number of carbonyl (C=O) groups is 1. The summed E-state index contributed by atoms with van der Waals surface area (Å²) in [6.45, 7) is 9.69. The maximum absolute atomic E-state index is 12.8. The van der Waals surface area contributed by atoms with Crippen LogP contribution in [0.3, 0.4) is 0 Å². The van der Waals surface area contributed by atoms with Crippen molar-refractivity contribution < 1.29 is 18.0 Å². The number of amides is 1. The summed E-state index contributed by atoms with van der Waals surface area (Å²) in [5.74, 6) is 0.547. The lowest BCUT2D eigenvalue weighted by molar-refractivity contribution is -0.138. The van der Waals surface area contributed by atoms with E-state index in [0.29, 0.717) is 13.1 Å². The SMILES string of the molecule is CC(C)(C)N1CCC(C(=O)N2CCC(c3ccc(C(F)(F)F)cc3)CC2)C1. The van der Waals surface area contributed by atoms with Crippen LogP contribution in [0.5, 0.6) is 0 Å². The van der Waals surface area contributed by atoms with Crippen LogP contribution < -0.4 is 0 Å². The Bertz CT molecular complexity index is 655. The Labute approximate surface area is 159 Å². The largest absolute Gasteiger partial charge is 0.416 e. The van der Waals surface area contributed by atoms with Crippen LogP contribution in [0, 0.1) is 5.92 Å². The summed E-state index contributed by atoms with van der Waals surface area (Å²) in [5, 5.41) is 0. The molecule has 1 aromatic rings. The van der Waals surface area contributed by atoms with Crippen LogP contribution in [-0.4, -0.2) is 47.4 Å². The van der Waals surface area contributed by atoms with Gasteiger partial charge in [-0.1, -0.05) is 12.1 Å². The molecule has 0 N–H and O–H groups in total. The Hall–Kier alpha value is -1.56. The van der Waals surface area contributed by atoms with E-state index in [1.54, 1.807) is 12.1 Å². The first-order chi connectivity index (χ1) is 12.6. The van der Waals surface area contributed by atoms with Crippen LogP contribution in [0.2, 0.25) is 0 Å². The average molecular weight is 382 g/mol. The topological polar surface area (TPSA) is 23.6 Å². The molecular formula is C21H29F3N2O. The molecule has 1 amide bonds. The number of nitrogens with zero attached hydrogens (tertiary/aromatic N) is 2. The molecule has 0 spiro atoms. The molecule has 0 saturated carbocycles. The Morgan fingerprint density at radius 3 is 2.04 bits per heavy atom. The fraction of sp³-hybridized carbons (Fsp3) is 0.667. The molecule has 27 heavy (non-hydrogen) atoms. The van der Waals surface area contributed by atoms with Crippen LogP contribution in [0.15, 0.2) is 24.3 Å². The van der Waals surface area contributed by atoms with E-state index in [2.05, 4.69) is 25.7 Å². The predicted molar refractivity (Wildman–Crippen MR) is 99.4 cm³/mol. The number of piperidine rings is 1. The standard InChI is InChI=1S/C21H29F3N2O/c1-20(2,3)26-13-10-17(14-26)19(27)25-11-8-16(9-12-25)15-4-6-18(7-5-15)21(22,23)24/h4-7,16-17H,8-14H2,1-3H3. The van der Waals surface area contributed by atoms with Gasteiger partial charge in [0.25, 0.3) is 0 Å². The molecule has 2 heterocycles. The molecular weight excluding hydrogens is 353 g/mol. The highest BCUT2D eigenvalue weighted by atomic mass is 19.4. The summed E-state index contributed by atoms with van der Waals surface area (Å²) in [6.07, 6.45) is -1.76. The molecule has 3 nitrogen and oxygen atoms in total. The van der Waals surface area contributed by atoms with Crippen LogP contribution in [0.25, 0.3) is 0 Å². The summed E-state index contributed by atoms with van der Waals surface area (Å²) >= 11 is 0. The van der Waals surface area contributed by atoms with Crippen molar-refractivity contribution in [2.45, 2.75) is 57.7 Å². The molecule has 0 radical (unpaired) electrons. The van der Waals surface area contributed by atoms with Crippen molar-refractivity contribution in [3.8, 4) is 0 Å². The molecule has 1 unspecified atom stereocenters. The molecule has 1 atom stereocenters. The van der Waals surface area contributed by atoms with E-state index in [0.717, 1.165) is 50.0 Å². The summed E-state index contributed by atoms with van der Waals surface area (Å²) < 4.78 is 38.1. The fourth-order valence-corrected chi connectivity index (χ4v) is 4.21. The van der Waals surface area contributed by atoms with E-state index >= 15 is 0 Å². The number of rotatable bonds is 2. The van der Waals surface area contributed by atoms with Crippen molar-refractivity contribution in [1.29, 1.82) is 0 Å². The number of likely N-dealkylation sites (tertiary alicyclic amines) is 2. The van der Waals surface area contributed by atoms with Gasteiger partial charge in [-0.15, -0.1) is 0 Å². The number of alkyl halides is 3. The van der Waals surface area contributed by atoms with Gasteiger partial charge in [0.2, 0.25) is 5.91 Å². The third-order valence-electron chi connectivity index (χ3n) is 6.00. The number of hydrogen-bond acceptors (Lipinski definition) is 2. The first-order valence-corrected chi connectivity index (χ1v) is 9.76. The summed E-state index contributed by atoms with van der Waals surface area (Å²) in [5.41, 5.74) is 0.420. The van der Waals surface area contributed by atoms with E-state index in [1.807, 2.05) is 4.90 Å². The number of benzene rings is 1. The molecule has 2 aliphatic heterocycles. The zero-order chi connectivity index (χ0) is 19.8. The average Bonchev–Trinajstić information content (AvgIpc) is 3.11. The van der Waals surface area contributed by atoms with Crippen molar-refractivity contribution in [2.24, 2.45) is 5.92 Å². The van der Waals surface area contributed by atoms with E-state index < -0.39 is 11.7 Å². The van der Waals surface area contributed by atoms with Crippen molar-refractivity contribution in [3.63, 3.8) is 0 Å². The van der Waals surface area contributed by atoms with Gasteiger partial charge in [-0.25, -0.2) is 0 Å². The molecule has 1 aromatic carbocycles. The maximum Gasteiger partial charge on any atom is 0.416 e. The minimum Gasteiger partial charge on any atom is -0.342 e. The van der Waals surface area contributed by atoms with Gasteiger partial charge in [0, 0.05) is 25.2 Å². The van der Waals surface area contributed by atoms with E-state index in [4.69, 9.17) is 0 Å². The second-order valence-electron chi connectivity index (χ2n) is 8.82. The first kappa shape index (κ1) is 20.2. The molecule has 0 aromatic heterocycles. The van der Waals surface area contributed by atoms with Gasteiger partial charge in [-0.3, -0.25) is 9.69 Å². The van der Waals surface area contributed by atoms with Crippen molar-refractivity contribution in [3.05, 3.63) is 35.4 Å². The molecule has 0 aliphatic carbocycles. The molecule has 0 bridgehead atoms. The van der Waals surface area contributed by atoms with E-state index in [-0.39, 0.29) is 23.3 Å². The van der Waals surface area contributed by atoms with Gasteiger partial charge < -0.3 is 4.90 Å². The minimum atomic E-state index is -4.30. The fourth-order valence-electron chi connectivity index (χ4n) is 4.21. The minimum absolute atomic E-state index is 0.0758. The van der Waals surface area contributed by atoms with Crippen LogP contribution in [-0.2, 0) is 11.0 Å². The monoisotopic (exact) mass is 382 g/mol. The third kappa shape index (κ3) is 4.65. The van der Waals surface area contributed by atoms with Crippen molar-refractivity contribution >= 4 is 5.91 Å². The highest BCUT2D eigenvalue weighted by molar-refractivity contribution is 5.79. The smallest absolute Gasteiger partial charge is 0.342 e. The highest BCUT2D eigenvalue weighted by Crippen LogP contribution is 2.34. The summed E-state index contributed by atoms with van der Waals surface area (Å²) in [7, 11) is 0. The van der Waals surface area contributed by atoms with Gasteiger partial charge >= 0.3 is 6.18 Å². The van der Waals surface area contributed by atoms with Crippen LogP contribution in [0.1, 0.15) is 57.1 Å². The molecule has 2 saturated heterocycles. The number of hydrogen-bond donors (Lipinski definition) is 0. The van der Waals surface area contributed by atoms with Gasteiger partial charge in [0.1, 0.15) is 0 Å². The quantitative estimate of drug-likeness (QED) is 0.750. The van der Waals surface area contributed by atoms with E-state index in [9.17, 15) is 18.0 Å². The van der Waals surface area contributed by atoms with Gasteiger partial charge in [-0.2, -0.15) is 13.2 Å². The highest BCUT2D eigenvalue weighted by Gasteiger charge is 2.37. The molecule has 150 valence electrons. The van der Waals surface area contributed by atoms with Crippen LogP contribution >= 0.6 is 0 Å². The van der Waals surface area contributed by atoms with Gasteiger partial charge in [0.15, 0.2) is 0 Å². The molecule has 2 aliphatic rings. The summed E-state index contributed by atoms with van der Waals surface area (Å²) in [4.78, 5) is 17.2. The lowest BCUT2D eigenvalue weighted by Gasteiger charge is -2.35. The normalized spacial score (nSPS) is 23.0. The van der Waals surface area contributed by atoms with Gasteiger partial charge in [0.05, 0.1) is 11.5 Å². The van der Waals surface area contributed by atoms with Gasteiger partial charge in [-0.05, 0) is 70.2 Å². The Balaban J connectivity index is 1.54. The van der Waals surface area contributed by atoms with Crippen LogP contribution in [0.4, 0.5) is 13.2 Å². The van der Waals surface area contributed by atoms with E-state index in [1.165, 1.54) is 0 Å². The lowest BCUT2D eigenvalue weighted by Crippen LogP contribution is -2.44. The summed E-state index contributed by atoms with van der Waals surface area (Å²) in [6, 6.07) is 5.49. The number of halogens is 3. The second-order valence-corrected chi connectivity index (χ2v) is 8.82. The lowest BCUT2D eigenvalue weighted by atomic mass is 9.88. The Morgan fingerprint density at radius 1 is 0.963 bits per heavy atom. The Kier molecular flexibility index (Phi) is 5.57. The zero-order valence-corrected chi connectivity index (χ0v) is 16.4. The molecule has 3 rings (SSSR count). The predicted octanol–water partition coefficient (Wildman–Crippen LogP) is 4.53. The van der Waals surface area contributed by atoms with Crippen molar-refractivity contribution in [2.75, 3.05) is 26.2 Å². The van der Waals surface area contributed by atoms with Crippen molar-refractivity contribution in [1.82, 2.24) is 9.80 Å². The molecule has 6 heteroatoms. The zero-order valence-electron chi connectivity index (χ0n) is 16.4. The number of carbonyl (C=O) groups excluding carboxylic acids is 1. The Morgan fingerprint density at radius 2 is 1.56 bits per heavy atom. The molecule has 2 fully saturated rings. The first-order valence-electron chi connectivity index (χ1n) is 9.76. The third-order valence-corrected chi connectivity index (χ3v) is 6.00. The maximum atomic E-state index is 12.8. The second kappa shape index (κ2) is 7.46.